The van der Waals surface area contributed by atoms with Crippen molar-refractivity contribution >= 4 is 47.0 Å². The summed E-state index contributed by atoms with van der Waals surface area (Å²) in [7, 11) is 0. The van der Waals surface area contributed by atoms with E-state index in [1.807, 2.05) is 41.5 Å². The molecule has 0 saturated carbocycles. The van der Waals surface area contributed by atoms with Gasteiger partial charge in [-0.15, -0.1) is 0 Å². The molecule has 4 N–H and O–H groups in total. The fourth-order valence-electron chi connectivity index (χ4n) is 1.82. The van der Waals surface area contributed by atoms with Crippen LogP contribution in [0.2, 0.25) is 10.6 Å². The van der Waals surface area contributed by atoms with Gasteiger partial charge in [-0.3, -0.25) is 0 Å². The van der Waals surface area contributed by atoms with Crippen LogP contribution in [0.5, 0.6) is 0 Å². The highest BCUT2D eigenvalue weighted by Crippen LogP contribution is 2.10. The Hall–Kier alpha value is -2.20. The number of aromatic nitrogens is 6. The number of nitrogens with one attached hydrogen (secondary N) is 4. The summed E-state index contributed by atoms with van der Waals surface area (Å²) in [5.74, 6) is 1.98. The fraction of sp³-hybridized carbons (Fsp3) is 0.625. The van der Waals surface area contributed by atoms with Gasteiger partial charge in [0.2, 0.25) is 34.4 Å². The van der Waals surface area contributed by atoms with E-state index < -0.39 is 0 Å². The molecule has 0 bridgehead atoms. The molecule has 156 valence electrons. The average Bonchev–Trinajstić information content (AvgIpc) is 2.53. The van der Waals surface area contributed by atoms with Gasteiger partial charge in [-0.05, 0) is 64.7 Å². The van der Waals surface area contributed by atoms with Crippen LogP contribution in [0.4, 0.5) is 23.8 Å². The molecule has 0 spiro atoms. The lowest BCUT2D eigenvalue weighted by Crippen LogP contribution is -2.14. The number of hydrogen-bond acceptors (Lipinski definition) is 10. The van der Waals surface area contributed by atoms with Crippen molar-refractivity contribution in [3.8, 4) is 0 Å². The van der Waals surface area contributed by atoms with Crippen LogP contribution in [0, 0.1) is 0 Å². The minimum atomic E-state index is 0.194. The Kier molecular flexibility index (Phi) is 10.5. The van der Waals surface area contributed by atoms with Crippen molar-refractivity contribution in [2.75, 3.05) is 34.4 Å². The van der Waals surface area contributed by atoms with Gasteiger partial charge >= 0.3 is 0 Å². The fourth-order valence-corrected chi connectivity index (χ4v) is 2.14. The molecule has 0 fully saturated rings. The van der Waals surface area contributed by atoms with E-state index in [4.69, 9.17) is 23.2 Å². The van der Waals surface area contributed by atoms with Crippen molar-refractivity contribution in [3.05, 3.63) is 10.6 Å². The van der Waals surface area contributed by atoms with E-state index in [-0.39, 0.29) is 22.7 Å². The smallest absolute Gasteiger partial charge is 0.228 e. The zero-order chi connectivity index (χ0) is 21.1. The number of hydrogen-bond donors (Lipinski definition) is 4. The summed E-state index contributed by atoms with van der Waals surface area (Å²) >= 11 is 11.5. The highest BCUT2D eigenvalue weighted by Gasteiger charge is 2.05. The van der Waals surface area contributed by atoms with E-state index in [9.17, 15) is 0 Å². The Morgan fingerprint density at radius 2 is 0.929 bits per heavy atom. The lowest BCUT2D eigenvalue weighted by molar-refractivity contribution is 0.865. The first-order valence-corrected chi connectivity index (χ1v) is 9.83. The first-order chi connectivity index (χ1) is 13.2. The lowest BCUT2D eigenvalue weighted by atomic mass is 10.4. The average molecular weight is 431 g/mol. The molecule has 0 aromatic carbocycles. The van der Waals surface area contributed by atoms with Crippen molar-refractivity contribution < 1.29 is 0 Å². The van der Waals surface area contributed by atoms with Gasteiger partial charge in [-0.2, -0.15) is 29.9 Å². The van der Waals surface area contributed by atoms with Crippen LogP contribution < -0.4 is 21.3 Å². The van der Waals surface area contributed by atoms with E-state index >= 15 is 0 Å². The summed E-state index contributed by atoms with van der Waals surface area (Å²) in [6.07, 6.45) is 0. The predicted octanol–water partition coefficient (Wildman–Crippen LogP) is 3.55. The van der Waals surface area contributed by atoms with Gasteiger partial charge in [0.25, 0.3) is 0 Å². The van der Waals surface area contributed by atoms with E-state index in [2.05, 4.69) is 51.2 Å². The molecule has 0 aliphatic carbocycles. The zero-order valence-electron chi connectivity index (χ0n) is 17.0. The van der Waals surface area contributed by atoms with Crippen LogP contribution >= 0.6 is 23.2 Å². The molecule has 2 aromatic rings. The molecular weight excluding hydrogens is 403 g/mol. The third-order valence-corrected chi connectivity index (χ3v) is 3.06. The van der Waals surface area contributed by atoms with Crippen LogP contribution in [-0.4, -0.2) is 55.1 Å². The molecule has 0 amide bonds. The Morgan fingerprint density at radius 1 is 0.607 bits per heavy atom. The zero-order valence-corrected chi connectivity index (χ0v) is 18.5. The van der Waals surface area contributed by atoms with E-state index in [0.29, 0.717) is 23.8 Å². The van der Waals surface area contributed by atoms with Crippen molar-refractivity contribution in [3.63, 3.8) is 0 Å². The van der Waals surface area contributed by atoms with Gasteiger partial charge in [-0.25, -0.2) is 0 Å². The third-order valence-electron chi connectivity index (χ3n) is 2.72. The second kappa shape index (κ2) is 12.3. The van der Waals surface area contributed by atoms with Gasteiger partial charge in [0.15, 0.2) is 0 Å². The summed E-state index contributed by atoms with van der Waals surface area (Å²) in [6.45, 7) is 13.5. The summed E-state index contributed by atoms with van der Waals surface area (Å²) in [4.78, 5) is 24.0. The topological polar surface area (TPSA) is 125 Å². The van der Waals surface area contributed by atoms with E-state index in [0.717, 1.165) is 13.1 Å². The molecule has 12 heteroatoms. The number of rotatable bonds is 8. The standard InChI is InChI=1S/2C8H14ClN5/c2*1-4-10-7-12-6(9)13-8(14-7)11-5(2)3/h2*5H,4H2,1-3H3,(H2,10,11,12,13,14). The van der Waals surface area contributed by atoms with Crippen LogP contribution in [-0.2, 0) is 0 Å². The summed E-state index contributed by atoms with van der Waals surface area (Å²) in [5.41, 5.74) is 0. The molecule has 0 saturated heterocycles. The second-order valence-corrected chi connectivity index (χ2v) is 6.84. The molecule has 2 heterocycles. The normalized spacial score (nSPS) is 10.4. The van der Waals surface area contributed by atoms with Crippen LogP contribution in [0.3, 0.4) is 0 Å². The SMILES string of the molecule is CCNc1nc(Cl)nc(NC(C)C)n1.CCNc1nc(Cl)nc(NC(C)C)n1. The Bertz CT molecular complexity index is 665. The molecule has 0 unspecified atom stereocenters. The Labute approximate surface area is 175 Å². The number of nitrogens with zero attached hydrogens (tertiary/aromatic N) is 6. The largest absolute Gasteiger partial charge is 0.354 e. The second-order valence-electron chi connectivity index (χ2n) is 6.16. The maximum Gasteiger partial charge on any atom is 0.228 e. The van der Waals surface area contributed by atoms with Gasteiger partial charge < -0.3 is 21.3 Å². The monoisotopic (exact) mass is 430 g/mol. The number of anilines is 4. The van der Waals surface area contributed by atoms with Crippen molar-refractivity contribution in [1.82, 2.24) is 29.9 Å². The maximum absolute atomic E-state index is 5.73. The lowest BCUT2D eigenvalue weighted by Gasteiger charge is -2.09. The van der Waals surface area contributed by atoms with Gasteiger partial charge in [0.1, 0.15) is 0 Å². The van der Waals surface area contributed by atoms with Gasteiger partial charge in [0.05, 0.1) is 0 Å². The summed E-state index contributed by atoms with van der Waals surface area (Å²) in [6, 6.07) is 0.533. The third kappa shape index (κ3) is 9.65. The van der Waals surface area contributed by atoms with Crippen molar-refractivity contribution in [2.24, 2.45) is 0 Å². The highest BCUT2D eigenvalue weighted by atomic mass is 35.5. The summed E-state index contributed by atoms with van der Waals surface area (Å²) < 4.78 is 0. The molecular formula is C16H28Cl2N10. The molecule has 0 aliphatic rings. The number of halogens is 2. The first kappa shape index (κ1) is 23.8. The molecule has 10 nitrogen and oxygen atoms in total. The van der Waals surface area contributed by atoms with Crippen molar-refractivity contribution in [2.45, 2.75) is 53.6 Å². The van der Waals surface area contributed by atoms with E-state index in [1.54, 1.807) is 0 Å². The Balaban J connectivity index is 0.000000280. The van der Waals surface area contributed by atoms with Crippen molar-refractivity contribution in [1.29, 1.82) is 0 Å². The van der Waals surface area contributed by atoms with Crippen LogP contribution in [0.15, 0.2) is 0 Å². The molecule has 2 rings (SSSR count). The summed E-state index contributed by atoms with van der Waals surface area (Å²) in [5, 5.41) is 12.5. The molecule has 28 heavy (non-hydrogen) atoms. The quantitative estimate of drug-likeness (QED) is 0.493. The molecule has 0 aliphatic heterocycles. The van der Waals surface area contributed by atoms with Crippen LogP contribution in [0.1, 0.15) is 41.5 Å². The van der Waals surface area contributed by atoms with Crippen LogP contribution in [0.25, 0.3) is 0 Å². The molecule has 0 radical (unpaired) electrons. The first-order valence-electron chi connectivity index (χ1n) is 9.07. The highest BCUT2D eigenvalue weighted by molar-refractivity contribution is 6.28. The molecule has 2 aromatic heterocycles. The van der Waals surface area contributed by atoms with Gasteiger partial charge in [-0.1, -0.05) is 0 Å². The maximum atomic E-state index is 5.73. The Morgan fingerprint density at radius 3 is 1.21 bits per heavy atom. The van der Waals surface area contributed by atoms with Gasteiger partial charge in [0, 0.05) is 25.2 Å². The van der Waals surface area contributed by atoms with E-state index in [1.165, 1.54) is 0 Å². The minimum absolute atomic E-state index is 0.194. The minimum Gasteiger partial charge on any atom is -0.354 e. The predicted molar refractivity (Wildman–Crippen MR) is 116 cm³/mol. The molecule has 0 atom stereocenters.